The summed E-state index contributed by atoms with van der Waals surface area (Å²) in [6, 6.07) is 19.6. The predicted octanol–water partition coefficient (Wildman–Crippen LogP) is 4.67. The summed E-state index contributed by atoms with van der Waals surface area (Å²) in [6.45, 7) is 1.06. The van der Waals surface area contributed by atoms with Gasteiger partial charge in [0.25, 0.3) is 5.91 Å². The maximum Gasteiger partial charge on any atom is 0.254 e. The molecule has 0 N–H and O–H groups in total. The Hall–Kier alpha value is -2.79. The number of carbonyl (C=O) groups is 1. The summed E-state index contributed by atoms with van der Waals surface area (Å²) in [4.78, 5) is 18.3. The fraction of sp³-hybridized carbons (Fsp3) is 0.227. The van der Waals surface area contributed by atoms with Crippen LogP contribution in [0.25, 0.3) is 0 Å². The highest BCUT2D eigenvalue weighted by molar-refractivity contribution is 7.09. The number of methoxy groups -OCH3 is 1. The molecule has 3 aromatic rings. The number of anilines is 1. The molecular formula is C22H24N2O2S. The Morgan fingerprint density at radius 1 is 1.00 bits per heavy atom. The fourth-order valence-electron chi connectivity index (χ4n) is 2.93. The molecule has 0 fully saturated rings. The van der Waals surface area contributed by atoms with Crippen molar-refractivity contribution in [2.24, 2.45) is 0 Å². The topological polar surface area (TPSA) is 32.8 Å². The third-order valence-corrected chi connectivity index (χ3v) is 5.24. The molecule has 0 radical (unpaired) electrons. The van der Waals surface area contributed by atoms with Gasteiger partial charge in [0.05, 0.1) is 20.2 Å². The van der Waals surface area contributed by atoms with E-state index in [1.165, 1.54) is 0 Å². The quantitative estimate of drug-likeness (QED) is 0.597. The minimum Gasteiger partial charge on any atom is -0.496 e. The number of nitrogens with zero attached hydrogens (tertiary/aromatic N) is 2. The van der Waals surface area contributed by atoms with Crippen LogP contribution in [0.5, 0.6) is 5.75 Å². The highest BCUT2D eigenvalue weighted by atomic mass is 32.1. The molecular weight excluding hydrogens is 356 g/mol. The Bertz CT molecular complexity index is 891. The van der Waals surface area contributed by atoms with E-state index in [0.29, 0.717) is 18.7 Å². The molecule has 0 aliphatic carbocycles. The number of para-hydroxylation sites is 1. The van der Waals surface area contributed by atoms with Gasteiger partial charge >= 0.3 is 0 Å². The number of hydrogen-bond acceptors (Lipinski definition) is 4. The highest BCUT2D eigenvalue weighted by Gasteiger charge is 2.19. The molecule has 1 amide bonds. The van der Waals surface area contributed by atoms with E-state index in [1.807, 2.05) is 83.9 Å². The van der Waals surface area contributed by atoms with Crippen molar-refractivity contribution in [3.63, 3.8) is 0 Å². The van der Waals surface area contributed by atoms with Gasteiger partial charge in [-0.25, -0.2) is 0 Å². The molecule has 27 heavy (non-hydrogen) atoms. The van der Waals surface area contributed by atoms with Crippen LogP contribution in [0, 0.1) is 0 Å². The molecule has 4 nitrogen and oxygen atoms in total. The first kappa shape index (κ1) is 19.0. The van der Waals surface area contributed by atoms with Gasteiger partial charge in [0.15, 0.2) is 0 Å². The molecule has 3 rings (SSSR count). The smallest absolute Gasteiger partial charge is 0.254 e. The first-order valence-corrected chi connectivity index (χ1v) is 9.67. The SMILES string of the molecule is COc1ccccc1CN(Cc1cccs1)C(=O)c1cccc(N(C)C)c1. The largest absolute Gasteiger partial charge is 0.496 e. The molecule has 0 bridgehead atoms. The van der Waals surface area contributed by atoms with Gasteiger partial charge in [-0.2, -0.15) is 0 Å². The lowest BCUT2D eigenvalue weighted by molar-refractivity contribution is 0.0730. The summed E-state index contributed by atoms with van der Waals surface area (Å²) >= 11 is 1.66. The van der Waals surface area contributed by atoms with E-state index >= 15 is 0 Å². The minimum absolute atomic E-state index is 0.0120. The van der Waals surface area contributed by atoms with Crippen molar-refractivity contribution in [1.29, 1.82) is 0 Å². The van der Waals surface area contributed by atoms with E-state index in [-0.39, 0.29) is 5.91 Å². The predicted molar refractivity (Wildman–Crippen MR) is 112 cm³/mol. The van der Waals surface area contributed by atoms with Crippen molar-refractivity contribution in [3.05, 3.63) is 82.0 Å². The van der Waals surface area contributed by atoms with E-state index in [1.54, 1.807) is 18.4 Å². The maximum atomic E-state index is 13.3. The van der Waals surface area contributed by atoms with Crippen molar-refractivity contribution in [3.8, 4) is 5.75 Å². The summed E-state index contributed by atoms with van der Waals surface area (Å²) in [5, 5.41) is 2.04. The first-order valence-electron chi connectivity index (χ1n) is 8.79. The second-order valence-electron chi connectivity index (χ2n) is 6.50. The van der Waals surface area contributed by atoms with Crippen molar-refractivity contribution in [2.75, 3.05) is 26.1 Å². The molecule has 0 atom stereocenters. The average molecular weight is 381 g/mol. The van der Waals surface area contributed by atoms with Crippen LogP contribution in [0.15, 0.2) is 66.0 Å². The number of ether oxygens (including phenoxy) is 1. The number of rotatable bonds is 7. The summed E-state index contributed by atoms with van der Waals surface area (Å²) in [5.41, 5.74) is 2.69. The van der Waals surface area contributed by atoms with Crippen molar-refractivity contribution >= 4 is 22.9 Å². The number of amides is 1. The average Bonchev–Trinajstić information content (AvgIpc) is 3.20. The van der Waals surface area contributed by atoms with Crippen LogP contribution in [0.4, 0.5) is 5.69 Å². The molecule has 1 aromatic heterocycles. The van der Waals surface area contributed by atoms with Gasteiger partial charge in [-0.3, -0.25) is 4.79 Å². The zero-order valence-electron chi connectivity index (χ0n) is 15.9. The molecule has 5 heteroatoms. The van der Waals surface area contributed by atoms with E-state index in [0.717, 1.165) is 21.9 Å². The van der Waals surface area contributed by atoms with Gasteiger partial charge < -0.3 is 14.5 Å². The third kappa shape index (κ3) is 4.68. The molecule has 0 saturated carbocycles. The molecule has 0 saturated heterocycles. The molecule has 0 spiro atoms. The van der Waals surface area contributed by atoms with Gasteiger partial charge in [0.2, 0.25) is 0 Å². The van der Waals surface area contributed by atoms with Gasteiger partial charge in [0, 0.05) is 35.8 Å². The number of thiophene rings is 1. The van der Waals surface area contributed by atoms with E-state index in [9.17, 15) is 4.79 Å². The summed E-state index contributed by atoms with van der Waals surface area (Å²) in [6.07, 6.45) is 0. The van der Waals surface area contributed by atoms with Crippen LogP contribution in [0.3, 0.4) is 0 Å². The monoisotopic (exact) mass is 380 g/mol. The Kier molecular flexibility index (Phi) is 6.14. The Morgan fingerprint density at radius 3 is 2.52 bits per heavy atom. The highest BCUT2D eigenvalue weighted by Crippen LogP contribution is 2.24. The number of benzene rings is 2. The molecule has 0 aliphatic heterocycles. The van der Waals surface area contributed by atoms with Gasteiger partial charge in [-0.15, -0.1) is 11.3 Å². The third-order valence-electron chi connectivity index (χ3n) is 4.38. The van der Waals surface area contributed by atoms with E-state index in [2.05, 4.69) is 6.07 Å². The van der Waals surface area contributed by atoms with Gasteiger partial charge in [-0.05, 0) is 35.7 Å². The van der Waals surface area contributed by atoms with Crippen LogP contribution in [-0.4, -0.2) is 32.0 Å². The van der Waals surface area contributed by atoms with Crippen molar-refractivity contribution in [1.82, 2.24) is 4.90 Å². The normalized spacial score (nSPS) is 10.5. The van der Waals surface area contributed by atoms with E-state index < -0.39 is 0 Å². The Morgan fingerprint density at radius 2 is 1.81 bits per heavy atom. The Labute approximate surface area is 164 Å². The van der Waals surface area contributed by atoms with Crippen LogP contribution >= 0.6 is 11.3 Å². The lowest BCUT2D eigenvalue weighted by Crippen LogP contribution is -2.30. The van der Waals surface area contributed by atoms with Crippen LogP contribution in [0.1, 0.15) is 20.8 Å². The van der Waals surface area contributed by atoms with Crippen molar-refractivity contribution < 1.29 is 9.53 Å². The van der Waals surface area contributed by atoms with Crippen LogP contribution in [-0.2, 0) is 13.1 Å². The summed E-state index contributed by atoms with van der Waals surface area (Å²) < 4.78 is 5.48. The summed E-state index contributed by atoms with van der Waals surface area (Å²) in [7, 11) is 5.61. The number of carbonyl (C=O) groups excluding carboxylic acids is 1. The molecule has 0 unspecified atom stereocenters. The zero-order valence-corrected chi connectivity index (χ0v) is 16.7. The summed E-state index contributed by atoms with van der Waals surface area (Å²) in [5.74, 6) is 0.807. The molecule has 0 aliphatic rings. The molecule has 2 aromatic carbocycles. The van der Waals surface area contributed by atoms with Crippen LogP contribution in [0.2, 0.25) is 0 Å². The van der Waals surface area contributed by atoms with Gasteiger partial charge in [-0.1, -0.05) is 30.3 Å². The lowest BCUT2D eigenvalue weighted by Gasteiger charge is -2.24. The standard InChI is InChI=1S/C22H24N2O2S/c1-23(2)19-10-6-9-17(14-19)22(25)24(16-20-11-7-13-27-20)15-18-8-4-5-12-21(18)26-3/h4-14H,15-16H2,1-3H3. The van der Waals surface area contributed by atoms with Crippen molar-refractivity contribution in [2.45, 2.75) is 13.1 Å². The lowest BCUT2D eigenvalue weighted by atomic mass is 10.1. The second-order valence-corrected chi connectivity index (χ2v) is 7.53. The maximum absolute atomic E-state index is 13.3. The second kappa shape index (κ2) is 8.73. The molecule has 140 valence electrons. The number of hydrogen-bond donors (Lipinski definition) is 0. The Balaban J connectivity index is 1.91. The zero-order chi connectivity index (χ0) is 19.2. The van der Waals surface area contributed by atoms with E-state index in [4.69, 9.17) is 4.74 Å². The molecule has 1 heterocycles. The fourth-order valence-corrected chi connectivity index (χ4v) is 3.65. The van der Waals surface area contributed by atoms with Crippen LogP contribution < -0.4 is 9.64 Å². The first-order chi connectivity index (χ1) is 13.1. The minimum atomic E-state index is 0.0120. The van der Waals surface area contributed by atoms with Gasteiger partial charge in [0.1, 0.15) is 5.75 Å².